The Morgan fingerprint density at radius 1 is 1.33 bits per heavy atom. The molecule has 3 heteroatoms. The monoisotopic (exact) mass is 245 g/mol. The molecular formula is C12H17Cl2N. The van der Waals surface area contributed by atoms with Crippen LogP contribution in [0.3, 0.4) is 0 Å². The van der Waals surface area contributed by atoms with Crippen LogP contribution >= 0.6 is 23.2 Å². The topological polar surface area (TPSA) is 12.0 Å². The fraction of sp³-hybridized carbons (Fsp3) is 0.500. The van der Waals surface area contributed by atoms with Gasteiger partial charge in [-0.2, -0.15) is 0 Å². The van der Waals surface area contributed by atoms with Crippen LogP contribution in [0, 0.1) is 5.92 Å². The molecular weight excluding hydrogens is 229 g/mol. The van der Waals surface area contributed by atoms with E-state index < -0.39 is 0 Å². The Kier molecular flexibility index (Phi) is 5.44. The second kappa shape index (κ2) is 6.37. The fourth-order valence-corrected chi connectivity index (χ4v) is 2.01. The van der Waals surface area contributed by atoms with Crippen molar-refractivity contribution in [2.75, 3.05) is 13.6 Å². The maximum atomic E-state index is 6.11. The van der Waals surface area contributed by atoms with Gasteiger partial charge in [-0.05, 0) is 44.0 Å². The maximum absolute atomic E-state index is 6.11. The summed E-state index contributed by atoms with van der Waals surface area (Å²) in [6.45, 7) is 3.27. The Labute approximate surface area is 102 Å². The summed E-state index contributed by atoms with van der Waals surface area (Å²) in [5.41, 5.74) is 1.15. The standard InChI is InChI=1S/C12H17Cl2N/c1-9(8-15-2)6-7-10-4-3-5-11(13)12(10)14/h3-5,9,15H,6-8H2,1-2H3. The minimum absolute atomic E-state index is 0.649. The highest BCUT2D eigenvalue weighted by molar-refractivity contribution is 6.42. The van der Waals surface area contributed by atoms with Crippen LogP contribution in [0.5, 0.6) is 0 Å². The molecule has 0 aliphatic carbocycles. The molecule has 0 amide bonds. The Bertz CT molecular complexity index is 312. The highest BCUT2D eigenvalue weighted by atomic mass is 35.5. The molecule has 1 nitrogen and oxygen atoms in total. The molecule has 1 atom stereocenters. The van der Waals surface area contributed by atoms with Gasteiger partial charge in [0.25, 0.3) is 0 Å². The third-order valence-electron chi connectivity index (χ3n) is 2.49. The lowest BCUT2D eigenvalue weighted by Crippen LogP contribution is -2.16. The van der Waals surface area contributed by atoms with E-state index in [1.54, 1.807) is 0 Å². The predicted molar refractivity (Wildman–Crippen MR) is 67.9 cm³/mol. The normalized spacial score (nSPS) is 12.8. The molecule has 84 valence electrons. The van der Waals surface area contributed by atoms with Crippen LogP contribution in [0.15, 0.2) is 18.2 Å². The SMILES string of the molecule is CNCC(C)CCc1cccc(Cl)c1Cl. The van der Waals surface area contributed by atoms with E-state index in [1.807, 2.05) is 25.2 Å². The number of halogens is 2. The van der Waals surface area contributed by atoms with E-state index in [2.05, 4.69) is 12.2 Å². The second-order valence-corrected chi connectivity index (χ2v) is 4.70. The van der Waals surface area contributed by atoms with Crippen molar-refractivity contribution in [3.05, 3.63) is 33.8 Å². The van der Waals surface area contributed by atoms with E-state index in [9.17, 15) is 0 Å². The Hall–Kier alpha value is -0.240. The number of aryl methyl sites for hydroxylation is 1. The van der Waals surface area contributed by atoms with Crippen molar-refractivity contribution in [3.63, 3.8) is 0 Å². The van der Waals surface area contributed by atoms with Crippen molar-refractivity contribution >= 4 is 23.2 Å². The molecule has 1 unspecified atom stereocenters. The molecule has 0 spiro atoms. The summed E-state index contributed by atoms with van der Waals surface area (Å²) in [4.78, 5) is 0. The van der Waals surface area contributed by atoms with E-state index in [4.69, 9.17) is 23.2 Å². The lowest BCUT2D eigenvalue weighted by atomic mass is 10.0. The van der Waals surface area contributed by atoms with E-state index in [0.717, 1.165) is 24.9 Å². The summed E-state index contributed by atoms with van der Waals surface area (Å²) >= 11 is 12.1. The third-order valence-corrected chi connectivity index (χ3v) is 3.35. The zero-order valence-electron chi connectivity index (χ0n) is 9.19. The van der Waals surface area contributed by atoms with Gasteiger partial charge in [-0.1, -0.05) is 42.3 Å². The molecule has 1 rings (SSSR count). The first-order chi connectivity index (χ1) is 7.15. The number of hydrogen-bond acceptors (Lipinski definition) is 1. The molecule has 0 aliphatic heterocycles. The lowest BCUT2D eigenvalue weighted by molar-refractivity contribution is 0.505. The van der Waals surface area contributed by atoms with Crippen molar-refractivity contribution in [2.45, 2.75) is 19.8 Å². The molecule has 0 aromatic heterocycles. The minimum Gasteiger partial charge on any atom is -0.319 e. The fourth-order valence-electron chi connectivity index (χ4n) is 1.59. The molecule has 0 heterocycles. The Balaban J connectivity index is 2.54. The quantitative estimate of drug-likeness (QED) is 0.833. The molecule has 0 radical (unpaired) electrons. The van der Waals surface area contributed by atoms with Gasteiger partial charge in [0.1, 0.15) is 0 Å². The van der Waals surface area contributed by atoms with Crippen LogP contribution in [0.4, 0.5) is 0 Å². The van der Waals surface area contributed by atoms with Gasteiger partial charge in [0.2, 0.25) is 0 Å². The van der Waals surface area contributed by atoms with Gasteiger partial charge >= 0.3 is 0 Å². The van der Waals surface area contributed by atoms with Gasteiger partial charge in [-0.25, -0.2) is 0 Å². The third kappa shape index (κ3) is 4.02. The molecule has 0 saturated carbocycles. The van der Waals surface area contributed by atoms with Crippen LogP contribution in [-0.4, -0.2) is 13.6 Å². The van der Waals surface area contributed by atoms with Crippen molar-refractivity contribution in [1.82, 2.24) is 5.32 Å². The van der Waals surface area contributed by atoms with Gasteiger partial charge < -0.3 is 5.32 Å². The lowest BCUT2D eigenvalue weighted by Gasteiger charge is -2.11. The molecule has 1 aromatic rings. The van der Waals surface area contributed by atoms with Crippen LogP contribution in [0.1, 0.15) is 18.9 Å². The first-order valence-electron chi connectivity index (χ1n) is 5.22. The van der Waals surface area contributed by atoms with Gasteiger partial charge in [0.15, 0.2) is 0 Å². The summed E-state index contributed by atoms with van der Waals surface area (Å²) in [5.74, 6) is 0.657. The van der Waals surface area contributed by atoms with Crippen molar-refractivity contribution < 1.29 is 0 Å². The average Bonchev–Trinajstić information content (AvgIpc) is 2.21. The smallest absolute Gasteiger partial charge is 0.0624 e. The highest BCUT2D eigenvalue weighted by Gasteiger charge is 2.06. The largest absolute Gasteiger partial charge is 0.319 e. The van der Waals surface area contributed by atoms with Crippen LogP contribution in [0.2, 0.25) is 10.0 Å². The zero-order chi connectivity index (χ0) is 11.3. The number of hydrogen-bond donors (Lipinski definition) is 1. The number of nitrogens with one attached hydrogen (secondary N) is 1. The van der Waals surface area contributed by atoms with Crippen molar-refractivity contribution in [1.29, 1.82) is 0 Å². The van der Waals surface area contributed by atoms with Crippen LogP contribution in [0.25, 0.3) is 0 Å². The molecule has 0 aliphatic rings. The summed E-state index contributed by atoms with van der Waals surface area (Å²) in [6.07, 6.45) is 2.11. The van der Waals surface area contributed by atoms with E-state index in [-0.39, 0.29) is 0 Å². The van der Waals surface area contributed by atoms with Crippen LogP contribution in [-0.2, 0) is 6.42 Å². The van der Waals surface area contributed by atoms with E-state index in [0.29, 0.717) is 16.0 Å². The number of benzene rings is 1. The zero-order valence-corrected chi connectivity index (χ0v) is 10.7. The summed E-state index contributed by atoms with van der Waals surface area (Å²) in [5, 5.41) is 4.52. The van der Waals surface area contributed by atoms with Crippen LogP contribution < -0.4 is 5.32 Å². The van der Waals surface area contributed by atoms with Gasteiger partial charge in [-0.15, -0.1) is 0 Å². The maximum Gasteiger partial charge on any atom is 0.0624 e. The molecule has 0 saturated heterocycles. The minimum atomic E-state index is 0.649. The molecule has 1 aromatic carbocycles. The van der Waals surface area contributed by atoms with Crippen molar-refractivity contribution in [2.24, 2.45) is 5.92 Å². The van der Waals surface area contributed by atoms with Gasteiger partial charge in [0.05, 0.1) is 10.0 Å². The highest BCUT2D eigenvalue weighted by Crippen LogP contribution is 2.26. The Morgan fingerprint density at radius 3 is 2.73 bits per heavy atom. The van der Waals surface area contributed by atoms with Gasteiger partial charge in [-0.3, -0.25) is 0 Å². The summed E-state index contributed by atoms with van der Waals surface area (Å²) in [7, 11) is 1.98. The summed E-state index contributed by atoms with van der Waals surface area (Å²) in [6, 6.07) is 5.82. The van der Waals surface area contributed by atoms with E-state index >= 15 is 0 Å². The van der Waals surface area contributed by atoms with Crippen molar-refractivity contribution in [3.8, 4) is 0 Å². The second-order valence-electron chi connectivity index (χ2n) is 3.91. The van der Waals surface area contributed by atoms with Gasteiger partial charge in [0, 0.05) is 0 Å². The molecule has 0 bridgehead atoms. The van der Waals surface area contributed by atoms with E-state index in [1.165, 1.54) is 0 Å². The number of rotatable bonds is 5. The Morgan fingerprint density at radius 2 is 2.07 bits per heavy atom. The average molecular weight is 246 g/mol. The summed E-state index contributed by atoms with van der Waals surface area (Å²) < 4.78 is 0. The first kappa shape index (κ1) is 12.8. The molecule has 1 N–H and O–H groups in total. The molecule has 15 heavy (non-hydrogen) atoms. The predicted octanol–water partition coefficient (Wildman–Crippen LogP) is 3.78. The first-order valence-corrected chi connectivity index (χ1v) is 5.98. The molecule has 0 fully saturated rings.